The Kier molecular flexibility index (Phi) is 5.24. The van der Waals surface area contributed by atoms with Gasteiger partial charge in [-0.05, 0) is 56.2 Å². The normalized spacial score (nSPS) is 10.8. The number of aromatic nitrogens is 3. The molecule has 0 spiro atoms. The van der Waals surface area contributed by atoms with Gasteiger partial charge in [-0.3, -0.25) is 4.79 Å². The fourth-order valence-electron chi connectivity index (χ4n) is 3.30. The molecule has 0 aliphatic carbocycles. The van der Waals surface area contributed by atoms with Gasteiger partial charge in [-0.1, -0.05) is 18.2 Å². The first-order valence-electron chi connectivity index (χ1n) is 9.61. The third kappa shape index (κ3) is 4.43. The molecular weight excluding hydrogens is 362 g/mol. The van der Waals surface area contributed by atoms with Gasteiger partial charge in [0.05, 0.1) is 0 Å². The summed E-state index contributed by atoms with van der Waals surface area (Å²) in [5, 5.41) is 7.84. The lowest BCUT2D eigenvalue weighted by molar-refractivity contribution is 0.101. The van der Waals surface area contributed by atoms with Crippen LogP contribution in [0.4, 0.5) is 17.5 Å². The van der Waals surface area contributed by atoms with E-state index in [1.165, 1.54) is 10.9 Å². The highest BCUT2D eigenvalue weighted by Crippen LogP contribution is 2.19. The van der Waals surface area contributed by atoms with Gasteiger partial charge in [-0.15, -0.1) is 0 Å². The van der Waals surface area contributed by atoms with Crippen LogP contribution in [0.5, 0.6) is 0 Å². The maximum atomic E-state index is 11.4. The minimum Gasteiger partial charge on any atom is -0.370 e. The van der Waals surface area contributed by atoms with E-state index >= 15 is 0 Å². The number of H-pyrrole nitrogens is 1. The standard InChI is InChI=1S/C23H23N5O/c1-15-13-22(24-12-11-18-14-25-21-6-4-3-5-20(18)21)28-23(26-15)27-19-9-7-17(8-10-19)16(2)29/h3-10,13-14,25H,11-12H2,1-2H3,(H2,24,26,27,28). The lowest BCUT2D eigenvalue weighted by Crippen LogP contribution is -2.08. The SMILES string of the molecule is CC(=O)c1ccc(Nc2nc(C)cc(NCCc3c[nH]c4ccccc34)n2)cc1. The zero-order chi connectivity index (χ0) is 20.2. The zero-order valence-corrected chi connectivity index (χ0v) is 16.5. The predicted octanol–water partition coefficient (Wildman–Crippen LogP) is 4.87. The number of hydrogen-bond donors (Lipinski definition) is 3. The van der Waals surface area contributed by atoms with Crippen LogP contribution in [0.2, 0.25) is 0 Å². The van der Waals surface area contributed by atoms with Gasteiger partial charge in [0.2, 0.25) is 5.95 Å². The first kappa shape index (κ1) is 18.7. The monoisotopic (exact) mass is 385 g/mol. The van der Waals surface area contributed by atoms with Gasteiger partial charge < -0.3 is 15.6 Å². The third-order valence-corrected chi connectivity index (χ3v) is 4.78. The van der Waals surface area contributed by atoms with Crippen LogP contribution in [0.1, 0.15) is 28.5 Å². The van der Waals surface area contributed by atoms with E-state index in [-0.39, 0.29) is 5.78 Å². The summed E-state index contributed by atoms with van der Waals surface area (Å²) in [6.07, 6.45) is 2.96. The van der Waals surface area contributed by atoms with Crippen LogP contribution in [-0.2, 0) is 6.42 Å². The molecule has 2 aromatic carbocycles. The minimum absolute atomic E-state index is 0.0463. The van der Waals surface area contributed by atoms with Crippen molar-refractivity contribution in [2.75, 3.05) is 17.2 Å². The molecule has 6 heteroatoms. The average Bonchev–Trinajstić information content (AvgIpc) is 3.11. The molecule has 4 rings (SSSR count). The second-order valence-corrected chi connectivity index (χ2v) is 7.01. The molecule has 0 unspecified atom stereocenters. The number of nitrogens with zero attached hydrogens (tertiary/aromatic N) is 2. The minimum atomic E-state index is 0.0463. The Balaban J connectivity index is 1.42. The first-order valence-corrected chi connectivity index (χ1v) is 9.61. The molecule has 0 amide bonds. The number of rotatable bonds is 7. The van der Waals surface area contributed by atoms with Crippen LogP contribution < -0.4 is 10.6 Å². The number of ketones is 1. The first-order chi connectivity index (χ1) is 14.1. The molecule has 4 aromatic rings. The molecule has 29 heavy (non-hydrogen) atoms. The molecule has 2 aromatic heterocycles. The van der Waals surface area contributed by atoms with Gasteiger partial charge >= 0.3 is 0 Å². The van der Waals surface area contributed by atoms with Crippen molar-refractivity contribution < 1.29 is 4.79 Å². The molecular formula is C23H23N5O. The van der Waals surface area contributed by atoms with Crippen LogP contribution >= 0.6 is 0 Å². The molecule has 3 N–H and O–H groups in total. The topological polar surface area (TPSA) is 82.7 Å². The Labute approximate surface area is 169 Å². The van der Waals surface area contributed by atoms with E-state index in [2.05, 4.69) is 50.0 Å². The number of Topliss-reactive ketones (excluding diaryl/α,β-unsaturated/α-hetero) is 1. The van der Waals surface area contributed by atoms with Gasteiger partial charge in [0.25, 0.3) is 0 Å². The smallest absolute Gasteiger partial charge is 0.229 e. The van der Waals surface area contributed by atoms with Crippen LogP contribution in [0.25, 0.3) is 10.9 Å². The zero-order valence-electron chi connectivity index (χ0n) is 16.5. The third-order valence-electron chi connectivity index (χ3n) is 4.78. The maximum Gasteiger partial charge on any atom is 0.229 e. The summed E-state index contributed by atoms with van der Waals surface area (Å²) in [6.45, 7) is 4.27. The van der Waals surface area contributed by atoms with Crippen molar-refractivity contribution in [1.82, 2.24) is 15.0 Å². The Morgan fingerprint density at radius 3 is 2.66 bits per heavy atom. The molecule has 0 fully saturated rings. The molecule has 0 aliphatic heterocycles. The molecule has 6 nitrogen and oxygen atoms in total. The molecule has 0 saturated carbocycles. The fourth-order valence-corrected chi connectivity index (χ4v) is 3.30. The summed E-state index contributed by atoms with van der Waals surface area (Å²) < 4.78 is 0. The highest BCUT2D eigenvalue weighted by atomic mass is 16.1. The van der Waals surface area contributed by atoms with E-state index < -0.39 is 0 Å². The lowest BCUT2D eigenvalue weighted by atomic mass is 10.1. The van der Waals surface area contributed by atoms with Crippen molar-refractivity contribution in [2.45, 2.75) is 20.3 Å². The number of aromatic amines is 1. The summed E-state index contributed by atoms with van der Waals surface area (Å²) >= 11 is 0. The molecule has 0 radical (unpaired) electrons. The number of carbonyl (C=O) groups excluding carboxylic acids is 1. The van der Waals surface area contributed by atoms with E-state index in [1.807, 2.05) is 31.2 Å². The van der Waals surface area contributed by atoms with Crippen molar-refractivity contribution in [2.24, 2.45) is 0 Å². The summed E-state index contributed by atoms with van der Waals surface area (Å²) in [4.78, 5) is 23.7. The number of para-hydroxylation sites is 1. The van der Waals surface area contributed by atoms with Gasteiger partial charge in [0.1, 0.15) is 5.82 Å². The quantitative estimate of drug-likeness (QED) is 0.396. The number of fused-ring (bicyclic) bond motifs is 1. The van der Waals surface area contributed by atoms with E-state index in [4.69, 9.17) is 0 Å². The summed E-state index contributed by atoms with van der Waals surface area (Å²) in [7, 11) is 0. The van der Waals surface area contributed by atoms with E-state index in [0.29, 0.717) is 11.5 Å². The summed E-state index contributed by atoms with van der Waals surface area (Å²) in [5.41, 5.74) is 4.83. The molecule has 0 aliphatic rings. The van der Waals surface area contributed by atoms with Crippen molar-refractivity contribution in [3.8, 4) is 0 Å². The van der Waals surface area contributed by atoms with E-state index in [1.54, 1.807) is 19.1 Å². The van der Waals surface area contributed by atoms with Crippen LogP contribution in [-0.4, -0.2) is 27.3 Å². The number of benzene rings is 2. The van der Waals surface area contributed by atoms with Crippen LogP contribution in [0.15, 0.2) is 60.8 Å². The van der Waals surface area contributed by atoms with Gasteiger partial charge in [0.15, 0.2) is 5.78 Å². The van der Waals surface area contributed by atoms with Crippen molar-refractivity contribution in [3.63, 3.8) is 0 Å². The number of anilines is 3. The van der Waals surface area contributed by atoms with Gasteiger partial charge in [0, 0.05) is 46.7 Å². The number of nitrogens with one attached hydrogen (secondary N) is 3. The maximum absolute atomic E-state index is 11.4. The lowest BCUT2D eigenvalue weighted by Gasteiger charge is -2.10. The van der Waals surface area contributed by atoms with Crippen molar-refractivity contribution in [3.05, 3.63) is 77.6 Å². The Morgan fingerprint density at radius 2 is 1.86 bits per heavy atom. The summed E-state index contributed by atoms with van der Waals surface area (Å²) in [6, 6.07) is 17.5. The Hall–Kier alpha value is -3.67. The Morgan fingerprint density at radius 1 is 1.07 bits per heavy atom. The predicted molar refractivity (Wildman–Crippen MR) is 117 cm³/mol. The van der Waals surface area contributed by atoms with Crippen molar-refractivity contribution >= 4 is 34.1 Å². The van der Waals surface area contributed by atoms with Gasteiger partial charge in [-0.25, -0.2) is 4.98 Å². The molecule has 0 bridgehead atoms. The van der Waals surface area contributed by atoms with Crippen LogP contribution in [0.3, 0.4) is 0 Å². The highest BCUT2D eigenvalue weighted by Gasteiger charge is 2.06. The second kappa shape index (κ2) is 8.14. The van der Waals surface area contributed by atoms with E-state index in [0.717, 1.165) is 35.7 Å². The number of carbonyl (C=O) groups is 1. The van der Waals surface area contributed by atoms with Gasteiger partial charge in [-0.2, -0.15) is 4.98 Å². The fraction of sp³-hybridized carbons (Fsp3) is 0.174. The van der Waals surface area contributed by atoms with E-state index in [9.17, 15) is 4.79 Å². The molecule has 0 atom stereocenters. The molecule has 146 valence electrons. The molecule has 2 heterocycles. The van der Waals surface area contributed by atoms with Crippen molar-refractivity contribution in [1.29, 1.82) is 0 Å². The summed E-state index contributed by atoms with van der Waals surface area (Å²) in [5.74, 6) is 1.35. The average molecular weight is 385 g/mol. The largest absolute Gasteiger partial charge is 0.370 e. The van der Waals surface area contributed by atoms with Crippen LogP contribution in [0, 0.1) is 6.92 Å². The number of aryl methyl sites for hydroxylation is 1. The second-order valence-electron chi connectivity index (χ2n) is 7.01. The highest BCUT2D eigenvalue weighted by molar-refractivity contribution is 5.94. The molecule has 0 saturated heterocycles. The Bertz CT molecular complexity index is 1150. The number of hydrogen-bond acceptors (Lipinski definition) is 5.